The van der Waals surface area contributed by atoms with Crippen molar-refractivity contribution in [1.29, 1.82) is 0 Å². The Kier molecular flexibility index (Phi) is 7.37. The number of rotatable bonds is 7. The van der Waals surface area contributed by atoms with Gasteiger partial charge in [-0.3, -0.25) is 9.59 Å². The monoisotopic (exact) mass is 479 g/mol. The van der Waals surface area contributed by atoms with Crippen molar-refractivity contribution in [1.82, 2.24) is 9.21 Å². The molecule has 0 aromatic heterocycles. The predicted molar refractivity (Wildman–Crippen MR) is 122 cm³/mol. The molecule has 0 aliphatic carbocycles. The Morgan fingerprint density at radius 1 is 1.06 bits per heavy atom. The number of anilines is 1. The second-order valence-corrected chi connectivity index (χ2v) is 10.7. The molecule has 9 nitrogen and oxygen atoms in total. The summed E-state index contributed by atoms with van der Waals surface area (Å²) in [6.45, 7) is 7.26. The van der Waals surface area contributed by atoms with Gasteiger partial charge >= 0.3 is 0 Å². The molecular formula is C23H33N3O6S. The first-order chi connectivity index (χ1) is 15.8. The van der Waals surface area contributed by atoms with E-state index < -0.39 is 10.0 Å². The van der Waals surface area contributed by atoms with Crippen LogP contribution in [-0.4, -0.2) is 81.7 Å². The lowest BCUT2D eigenvalue weighted by molar-refractivity contribution is -0.140. The molecule has 33 heavy (non-hydrogen) atoms. The van der Waals surface area contributed by atoms with Crippen molar-refractivity contribution < 1.29 is 27.5 Å². The van der Waals surface area contributed by atoms with Gasteiger partial charge in [-0.1, -0.05) is 13.8 Å². The number of ether oxygens (including phenoxy) is 2. The van der Waals surface area contributed by atoms with Crippen molar-refractivity contribution in [3.05, 3.63) is 24.3 Å². The van der Waals surface area contributed by atoms with Gasteiger partial charge in [0.2, 0.25) is 21.8 Å². The molecule has 0 N–H and O–H groups in total. The van der Waals surface area contributed by atoms with Crippen LogP contribution in [0.2, 0.25) is 0 Å². The van der Waals surface area contributed by atoms with Crippen LogP contribution in [-0.2, 0) is 29.1 Å². The summed E-state index contributed by atoms with van der Waals surface area (Å²) in [6, 6.07) is 6.36. The van der Waals surface area contributed by atoms with E-state index in [4.69, 9.17) is 9.47 Å². The predicted octanol–water partition coefficient (Wildman–Crippen LogP) is 1.68. The lowest BCUT2D eigenvalue weighted by Crippen LogP contribution is -2.44. The molecular weight excluding hydrogens is 446 g/mol. The first-order valence-electron chi connectivity index (χ1n) is 11.8. The van der Waals surface area contributed by atoms with Crippen LogP contribution in [0.3, 0.4) is 0 Å². The van der Waals surface area contributed by atoms with Gasteiger partial charge in [-0.25, -0.2) is 8.42 Å². The molecule has 1 aromatic carbocycles. The van der Waals surface area contributed by atoms with E-state index in [1.165, 1.54) is 16.4 Å². The van der Waals surface area contributed by atoms with E-state index in [0.29, 0.717) is 57.5 Å². The molecule has 1 aromatic rings. The first-order valence-corrected chi connectivity index (χ1v) is 13.2. The Bertz CT molecular complexity index is 949. The van der Waals surface area contributed by atoms with Gasteiger partial charge in [-0.2, -0.15) is 4.31 Å². The average molecular weight is 480 g/mol. The highest BCUT2D eigenvalue weighted by Gasteiger charge is 2.39. The smallest absolute Gasteiger partial charge is 0.243 e. The zero-order valence-corrected chi connectivity index (χ0v) is 20.1. The van der Waals surface area contributed by atoms with Crippen LogP contribution in [0.5, 0.6) is 0 Å². The van der Waals surface area contributed by atoms with Crippen LogP contribution in [0, 0.1) is 11.8 Å². The summed E-state index contributed by atoms with van der Waals surface area (Å²) in [7, 11) is -3.55. The molecule has 1 unspecified atom stereocenters. The molecule has 4 rings (SSSR count). The van der Waals surface area contributed by atoms with Crippen molar-refractivity contribution in [2.24, 2.45) is 11.8 Å². The number of amides is 2. The minimum atomic E-state index is -3.55. The van der Waals surface area contributed by atoms with Crippen LogP contribution in [0.25, 0.3) is 0 Å². The number of likely N-dealkylation sites (tertiary alicyclic amines) is 1. The average Bonchev–Trinajstić information content (AvgIpc) is 3.50. The number of carbonyl (C=O) groups is 2. The Balaban J connectivity index is 1.36. The molecule has 10 heteroatoms. The number of hydrogen-bond donors (Lipinski definition) is 0. The summed E-state index contributed by atoms with van der Waals surface area (Å²) >= 11 is 0. The molecule has 182 valence electrons. The summed E-state index contributed by atoms with van der Waals surface area (Å²) in [5.41, 5.74) is 0.614. The van der Waals surface area contributed by atoms with E-state index in [1.807, 2.05) is 4.90 Å². The van der Waals surface area contributed by atoms with Crippen LogP contribution < -0.4 is 4.90 Å². The van der Waals surface area contributed by atoms with Crippen molar-refractivity contribution in [3.63, 3.8) is 0 Å². The molecule has 3 fully saturated rings. The zero-order chi connectivity index (χ0) is 23.6. The van der Waals surface area contributed by atoms with E-state index >= 15 is 0 Å². The van der Waals surface area contributed by atoms with Crippen LogP contribution in [0.4, 0.5) is 5.69 Å². The molecule has 1 atom stereocenters. The number of carbonyl (C=O) groups excluding carboxylic acids is 2. The molecule has 0 saturated carbocycles. The van der Waals surface area contributed by atoms with Gasteiger partial charge in [-0.05, 0) is 37.1 Å². The molecule has 3 heterocycles. The zero-order valence-electron chi connectivity index (χ0n) is 19.3. The van der Waals surface area contributed by atoms with Gasteiger partial charge < -0.3 is 19.3 Å². The quantitative estimate of drug-likeness (QED) is 0.590. The maximum atomic E-state index is 13.1. The summed E-state index contributed by atoms with van der Waals surface area (Å²) < 4.78 is 38.0. The molecule has 2 amide bonds. The van der Waals surface area contributed by atoms with Gasteiger partial charge in [0.15, 0.2) is 6.29 Å². The first kappa shape index (κ1) is 24.1. The Hall–Kier alpha value is -2.01. The fourth-order valence-corrected chi connectivity index (χ4v) is 6.39. The van der Waals surface area contributed by atoms with Gasteiger partial charge in [0, 0.05) is 50.7 Å². The highest BCUT2D eigenvalue weighted by atomic mass is 32.2. The van der Waals surface area contributed by atoms with E-state index in [0.717, 1.165) is 12.8 Å². The minimum Gasteiger partial charge on any atom is -0.350 e. The maximum absolute atomic E-state index is 13.1. The highest BCUT2D eigenvalue weighted by molar-refractivity contribution is 7.89. The van der Waals surface area contributed by atoms with E-state index in [2.05, 4.69) is 0 Å². The Morgan fingerprint density at radius 2 is 1.67 bits per heavy atom. The summed E-state index contributed by atoms with van der Waals surface area (Å²) in [5.74, 6) is -0.176. The maximum Gasteiger partial charge on any atom is 0.243 e. The van der Waals surface area contributed by atoms with Gasteiger partial charge in [0.1, 0.15) is 0 Å². The van der Waals surface area contributed by atoms with E-state index in [1.54, 1.807) is 30.9 Å². The second-order valence-electron chi connectivity index (χ2n) is 8.76. The van der Waals surface area contributed by atoms with Crippen LogP contribution in [0.1, 0.15) is 33.1 Å². The standard InChI is InChI=1S/C23H33N3O6S/c1-3-25(4-2)33(29,30)20-7-5-19(6-8-20)26-16-18(15-21(26)27)22(28)24-11-9-17(10-12-24)23-31-13-14-32-23/h5-8,17-18,23H,3-4,9-16H2,1-2H3. The summed E-state index contributed by atoms with van der Waals surface area (Å²) in [4.78, 5) is 29.4. The molecule has 0 bridgehead atoms. The Labute approximate surface area is 195 Å². The van der Waals surface area contributed by atoms with Crippen LogP contribution in [0.15, 0.2) is 29.2 Å². The molecule has 0 radical (unpaired) electrons. The molecule has 3 aliphatic heterocycles. The summed E-state index contributed by atoms with van der Waals surface area (Å²) in [6.07, 6.45) is 1.69. The topological polar surface area (TPSA) is 96.5 Å². The molecule has 0 spiro atoms. The molecule has 3 saturated heterocycles. The third kappa shape index (κ3) is 4.94. The van der Waals surface area contributed by atoms with Crippen molar-refractivity contribution >= 4 is 27.5 Å². The third-order valence-electron chi connectivity index (χ3n) is 6.85. The SMILES string of the molecule is CCN(CC)S(=O)(=O)c1ccc(N2CC(C(=O)N3CCC(C4OCCO4)CC3)CC2=O)cc1. The van der Waals surface area contributed by atoms with Gasteiger partial charge in [0.25, 0.3) is 0 Å². The fraction of sp³-hybridized carbons (Fsp3) is 0.652. The third-order valence-corrected chi connectivity index (χ3v) is 8.91. The van der Waals surface area contributed by atoms with Crippen molar-refractivity contribution in [2.45, 2.75) is 44.3 Å². The lowest BCUT2D eigenvalue weighted by Gasteiger charge is -2.35. The highest BCUT2D eigenvalue weighted by Crippen LogP contribution is 2.30. The minimum absolute atomic E-state index is 0.0123. The van der Waals surface area contributed by atoms with Crippen LogP contribution >= 0.6 is 0 Å². The van der Waals surface area contributed by atoms with E-state index in [9.17, 15) is 18.0 Å². The summed E-state index contributed by atoms with van der Waals surface area (Å²) in [5, 5.41) is 0. The number of piperidine rings is 1. The number of benzene rings is 1. The van der Waals surface area contributed by atoms with E-state index in [-0.39, 0.29) is 35.3 Å². The number of hydrogen-bond acceptors (Lipinski definition) is 6. The molecule has 3 aliphatic rings. The van der Waals surface area contributed by atoms with Crippen molar-refractivity contribution in [2.75, 3.05) is 50.8 Å². The van der Waals surface area contributed by atoms with Gasteiger partial charge in [-0.15, -0.1) is 0 Å². The van der Waals surface area contributed by atoms with Crippen molar-refractivity contribution in [3.8, 4) is 0 Å². The second kappa shape index (κ2) is 10.1. The lowest BCUT2D eigenvalue weighted by atomic mass is 9.95. The number of sulfonamides is 1. The number of nitrogens with zero attached hydrogens (tertiary/aromatic N) is 3. The Morgan fingerprint density at radius 3 is 2.24 bits per heavy atom. The largest absolute Gasteiger partial charge is 0.350 e. The normalized spacial score (nSPS) is 23.1. The fourth-order valence-electron chi connectivity index (χ4n) is 4.93. The van der Waals surface area contributed by atoms with Gasteiger partial charge in [0.05, 0.1) is 24.0 Å².